The Balaban J connectivity index is 1.74. The van der Waals surface area contributed by atoms with Crippen molar-refractivity contribution >= 4 is 23.3 Å². The molecule has 1 aliphatic heterocycles. The van der Waals surface area contributed by atoms with Gasteiger partial charge in [0.15, 0.2) is 0 Å². The monoisotopic (exact) mass is 418 g/mol. The number of aromatic carboxylic acids is 1. The van der Waals surface area contributed by atoms with E-state index in [-0.39, 0.29) is 18.3 Å². The van der Waals surface area contributed by atoms with Crippen molar-refractivity contribution < 1.29 is 19.8 Å². The smallest absolute Gasteiger partial charge is 0.373 e. The summed E-state index contributed by atoms with van der Waals surface area (Å²) in [4.78, 5) is 34.9. The van der Waals surface area contributed by atoms with Crippen LogP contribution in [0.4, 0.5) is 11.4 Å². The van der Waals surface area contributed by atoms with Gasteiger partial charge in [0.1, 0.15) is 0 Å². The Bertz CT molecular complexity index is 1130. The number of carbonyl (C=O) groups is 2. The standard InChI is InChI=1S/C23H22N4O4/c1-15(29)27-9-8-26(13-17-4-2-3-5-18(17)14-28)21-10-16(6-7-20(21)27)19-11-24-22(23(30)31)25-12-19/h2-7,10-12,28H,8-9,13-14H2,1H3,(H,30,31). The van der Waals surface area contributed by atoms with Crippen molar-refractivity contribution in [3.8, 4) is 11.1 Å². The molecule has 0 unspecified atom stereocenters. The first-order chi connectivity index (χ1) is 15.0. The summed E-state index contributed by atoms with van der Waals surface area (Å²) >= 11 is 0. The fourth-order valence-corrected chi connectivity index (χ4v) is 3.80. The number of aromatic nitrogens is 2. The van der Waals surface area contributed by atoms with E-state index in [0.29, 0.717) is 25.2 Å². The van der Waals surface area contributed by atoms with E-state index in [4.69, 9.17) is 5.11 Å². The number of anilines is 2. The molecule has 0 bridgehead atoms. The Labute approximate surface area is 179 Å². The summed E-state index contributed by atoms with van der Waals surface area (Å²) < 4.78 is 0. The van der Waals surface area contributed by atoms with Gasteiger partial charge in [-0.3, -0.25) is 4.79 Å². The molecule has 3 aromatic rings. The van der Waals surface area contributed by atoms with Gasteiger partial charge in [0.2, 0.25) is 11.7 Å². The number of aliphatic hydroxyl groups excluding tert-OH is 1. The molecule has 1 amide bonds. The average molecular weight is 418 g/mol. The number of aliphatic hydroxyl groups is 1. The van der Waals surface area contributed by atoms with Crippen molar-refractivity contribution in [1.82, 2.24) is 9.97 Å². The van der Waals surface area contributed by atoms with Crippen LogP contribution < -0.4 is 9.80 Å². The lowest BCUT2D eigenvalue weighted by Crippen LogP contribution is -2.43. The van der Waals surface area contributed by atoms with Gasteiger partial charge in [-0.25, -0.2) is 14.8 Å². The van der Waals surface area contributed by atoms with Crippen LogP contribution in [0.15, 0.2) is 54.9 Å². The molecular formula is C23H22N4O4. The molecule has 158 valence electrons. The van der Waals surface area contributed by atoms with E-state index in [9.17, 15) is 14.7 Å². The molecule has 0 saturated heterocycles. The molecule has 2 N–H and O–H groups in total. The van der Waals surface area contributed by atoms with Gasteiger partial charge in [-0.2, -0.15) is 0 Å². The van der Waals surface area contributed by atoms with Crippen LogP contribution in [0.3, 0.4) is 0 Å². The van der Waals surface area contributed by atoms with Crippen molar-refractivity contribution in [2.45, 2.75) is 20.1 Å². The molecule has 4 rings (SSSR count). The van der Waals surface area contributed by atoms with Crippen LogP contribution in [0.25, 0.3) is 11.1 Å². The second-order valence-corrected chi connectivity index (χ2v) is 7.32. The molecule has 0 spiro atoms. The van der Waals surface area contributed by atoms with E-state index in [2.05, 4.69) is 14.9 Å². The van der Waals surface area contributed by atoms with Crippen molar-refractivity contribution in [2.75, 3.05) is 22.9 Å². The summed E-state index contributed by atoms with van der Waals surface area (Å²) in [5, 5.41) is 18.7. The number of benzene rings is 2. The van der Waals surface area contributed by atoms with Crippen LogP contribution >= 0.6 is 0 Å². The summed E-state index contributed by atoms with van der Waals surface area (Å²) in [5.41, 5.74) is 5.09. The van der Waals surface area contributed by atoms with E-state index in [1.54, 1.807) is 11.8 Å². The van der Waals surface area contributed by atoms with Gasteiger partial charge < -0.3 is 20.0 Å². The van der Waals surface area contributed by atoms with Crippen LogP contribution in [-0.2, 0) is 17.9 Å². The van der Waals surface area contributed by atoms with Gasteiger partial charge in [0, 0.05) is 44.5 Å². The Morgan fingerprint density at radius 2 is 1.68 bits per heavy atom. The second kappa shape index (κ2) is 8.53. The molecule has 31 heavy (non-hydrogen) atoms. The normalized spacial score (nSPS) is 13.1. The van der Waals surface area contributed by atoms with Crippen LogP contribution in [0.1, 0.15) is 28.7 Å². The molecular weight excluding hydrogens is 396 g/mol. The van der Waals surface area contributed by atoms with Gasteiger partial charge in [-0.05, 0) is 28.8 Å². The van der Waals surface area contributed by atoms with E-state index in [1.807, 2.05) is 42.5 Å². The maximum absolute atomic E-state index is 12.2. The van der Waals surface area contributed by atoms with Gasteiger partial charge >= 0.3 is 5.97 Å². The zero-order valence-corrected chi connectivity index (χ0v) is 17.0. The quantitative estimate of drug-likeness (QED) is 0.656. The van der Waals surface area contributed by atoms with E-state index >= 15 is 0 Å². The molecule has 2 heterocycles. The highest BCUT2D eigenvalue weighted by Crippen LogP contribution is 2.37. The Morgan fingerprint density at radius 3 is 2.32 bits per heavy atom. The van der Waals surface area contributed by atoms with Crippen molar-refractivity contribution in [1.29, 1.82) is 0 Å². The number of carboxylic acids is 1. The minimum atomic E-state index is -1.18. The largest absolute Gasteiger partial charge is 0.475 e. The third-order valence-corrected chi connectivity index (χ3v) is 5.41. The first-order valence-corrected chi connectivity index (χ1v) is 9.88. The molecule has 1 aromatic heterocycles. The topological polar surface area (TPSA) is 107 Å². The average Bonchev–Trinajstić information content (AvgIpc) is 2.79. The summed E-state index contributed by atoms with van der Waals surface area (Å²) in [6, 6.07) is 13.5. The van der Waals surface area contributed by atoms with Crippen LogP contribution in [0.2, 0.25) is 0 Å². The summed E-state index contributed by atoms with van der Waals surface area (Å²) in [6.45, 7) is 3.31. The molecule has 8 nitrogen and oxygen atoms in total. The van der Waals surface area contributed by atoms with Crippen LogP contribution in [0.5, 0.6) is 0 Å². The highest BCUT2D eigenvalue weighted by molar-refractivity contribution is 5.97. The van der Waals surface area contributed by atoms with E-state index < -0.39 is 5.97 Å². The number of carbonyl (C=O) groups excluding carboxylic acids is 1. The molecule has 1 aliphatic rings. The summed E-state index contributed by atoms with van der Waals surface area (Å²) in [5.74, 6) is -1.46. The fourth-order valence-electron chi connectivity index (χ4n) is 3.80. The van der Waals surface area contributed by atoms with Crippen LogP contribution in [0, 0.1) is 0 Å². The zero-order chi connectivity index (χ0) is 22.0. The Kier molecular flexibility index (Phi) is 5.64. The number of hydrogen-bond donors (Lipinski definition) is 2. The Morgan fingerprint density at radius 1 is 0.968 bits per heavy atom. The first-order valence-electron chi connectivity index (χ1n) is 9.88. The SMILES string of the molecule is CC(=O)N1CCN(Cc2ccccc2CO)c2cc(-c3cnc(C(=O)O)nc3)ccc21. The van der Waals surface area contributed by atoms with Crippen molar-refractivity contribution in [3.63, 3.8) is 0 Å². The number of nitrogens with zero attached hydrogens (tertiary/aromatic N) is 4. The second-order valence-electron chi connectivity index (χ2n) is 7.32. The lowest BCUT2D eigenvalue weighted by molar-refractivity contribution is -0.116. The molecule has 2 aromatic carbocycles. The lowest BCUT2D eigenvalue weighted by Gasteiger charge is -2.38. The van der Waals surface area contributed by atoms with E-state index in [0.717, 1.165) is 28.1 Å². The predicted molar refractivity (Wildman–Crippen MR) is 116 cm³/mol. The highest BCUT2D eigenvalue weighted by Gasteiger charge is 2.26. The molecule has 0 fully saturated rings. The van der Waals surface area contributed by atoms with Gasteiger partial charge in [-0.1, -0.05) is 30.3 Å². The molecule has 0 saturated carbocycles. The number of rotatable bonds is 5. The van der Waals surface area contributed by atoms with E-state index in [1.165, 1.54) is 12.4 Å². The number of amides is 1. The molecule has 0 aliphatic carbocycles. The fraction of sp³-hybridized carbons (Fsp3) is 0.217. The predicted octanol–water partition coefficient (Wildman–Crippen LogP) is 2.71. The summed E-state index contributed by atoms with van der Waals surface area (Å²) in [6.07, 6.45) is 2.96. The molecule has 0 radical (unpaired) electrons. The Hall–Kier alpha value is -3.78. The van der Waals surface area contributed by atoms with Crippen molar-refractivity contribution in [3.05, 3.63) is 71.8 Å². The zero-order valence-electron chi connectivity index (χ0n) is 17.0. The first kappa shape index (κ1) is 20.5. The van der Waals surface area contributed by atoms with Gasteiger partial charge in [0.25, 0.3) is 0 Å². The molecule has 8 heteroatoms. The number of fused-ring (bicyclic) bond motifs is 1. The highest BCUT2D eigenvalue weighted by atomic mass is 16.4. The third-order valence-electron chi connectivity index (χ3n) is 5.41. The van der Waals surface area contributed by atoms with Crippen molar-refractivity contribution in [2.24, 2.45) is 0 Å². The van der Waals surface area contributed by atoms with Gasteiger partial charge in [0.05, 0.1) is 18.0 Å². The summed E-state index contributed by atoms with van der Waals surface area (Å²) in [7, 11) is 0. The minimum Gasteiger partial charge on any atom is -0.475 e. The minimum absolute atomic E-state index is 0.0291. The van der Waals surface area contributed by atoms with Gasteiger partial charge in [-0.15, -0.1) is 0 Å². The maximum atomic E-state index is 12.2. The van der Waals surface area contributed by atoms with Crippen LogP contribution in [-0.4, -0.2) is 45.1 Å². The lowest BCUT2D eigenvalue weighted by atomic mass is 10.0. The maximum Gasteiger partial charge on any atom is 0.373 e. The number of hydrogen-bond acceptors (Lipinski definition) is 6. The molecule has 0 atom stereocenters. The number of carboxylic acid groups (broad SMARTS) is 1. The third kappa shape index (κ3) is 4.10.